The van der Waals surface area contributed by atoms with Gasteiger partial charge in [-0.05, 0) is 99.2 Å². The van der Waals surface area contributed by atoms with E-state index in [1.165, 1.54) is 12.1 Å². The number of phenols is 2. The van der Waals surface area contributed by atoms with E-state index in [1.807, 2.05) is 58.0 Å². The van der Waals surface area contributed by atoms with Gasteiger partial charge in [-0.1, -0.05) is 24.3 Å². The molecule has 6 nitrogen and oxygen atoms in total. The Balaban J connectivity index is 1.54. The number of hydrogen-bond acceptors (Lipinski definition) is 4. The van der Waals surface area contributed by atoms with Crippen LogP contribution in [0.1, 0.15) is 55.1 Å². The standard InChI is InChI=1S/C28H30N2O4/c1-17-5-11-21(29-26(34)28(13-14-28)20-10-12-23(31)24(32)15-20)16-22(17)18-6-8-19(9-7-18)25(33)30-27(2,3)4/h5-12,15-16,31-32H,13-14H2,1-4H3,(H,29,34)(H,30,33). The predicted octanol–water partition coefficient (Wildman–Crippen LogP) is 5.27. The Hall–Kier alpha value is -3.80. The van der Waals surface area contributed by atoms with E-state index in [9.17, 15) is 19.8 Å². The van der Waals surface area contributed by atoms with Crippen molar-refractivity contribution in [3.05, 3.63) is 77.4 Å². The minimum Gasteiger partial charge on any atom is -0.504 e. The van der Waals surface area contributed by atoms with E-state index in [4.69, 9.17) is 0 Å². The van der Waals surface area contributed by atoms with Gasteiger partial charge in [-0.25, -0.2) is 0 Å². The minimum absolute atomic E-state index is 0.119. The van der Waals surface area contributed by atoms with E-state index in [1.54, 1.807) is 18.2 Å². The second-order valence-corrected chi connectivity index (χ2v) is 10.1. The van der Waals surface area contributed by atoms with Gasteiger partial charge in [0.25, 0.3) is 5.91 Å². The van der Waals surface area contributed by atoms with Crippen molar-refractivity contribution in [3.63, 3.8) is 0 Å². The molecule has 34 heavy (non-hydrogen) atoms. The van der Waals surface area contributed by atoms with Crippen LogP contribution in [0.15, 0.2) is 60.7 Å². The summed E-state index contributed by atoms with van der Waals surface area (Å²) < 4.78 is 0. The van der Waals surface area contributed by atoms with Crippen molar-refractivity contribution in [2.24, 2.45) is 0 Å². The highest BCUT2D eigenvalue weighted by Crippen LogP contribution is 2.50. The maximum atomic E-state index is 13.2. The van der Waals surface area contributed by atoms with Gasteiger partial charge in [0.05, 0.1) is 5.41 Å². The SMILES string of the molecule is Cc1ccc(NC(=O)C2(c3ccc(O)c(O)c3)CC2)cc1-c1ccc(C(=O)NC(C)(C)C)cc1. The highest BCUT2D eigenvalue weighted by molar-refractivity contribution is 6.02. The Bertz CT molecular complexity index is 1250. The molecule has 1 aliphatic rings. The van der Waals surface area contributed by atoms with E-state index in [0.29, 0.717) is 29.7 Å². The number of anilines is 1. The number of aromatic hydroxyl groups is 2. The third-order valence-corrected chi connectivity index (χ3v) is 6.15. The predicted molar refractivity (Wildman–Crippen MR) is 133 cm³/mol. The summed E-state index contributed by atoms with van der Waals surface area (Å²) in [4.78, 5) is 25.6. The van der Waals surface area contributed by atoms with Crippen molar-refractivity contribution < 1.29 is 19.8 Å². The van der Waals surface area contributed by atoms with Crippen LogP contribution in [0, 0.1) is 6.92 Å². The van der Waals surface area contributed by atoms with Crippen molar-refractivity contribution in [3.8, 4) is 22.6 Å². The minimum atomic E-state index is -0.696. The Morgan fingerprint density at radius 2 is 1.56 bits per heavy atom. The molecule has 2 amide bonds. The molecule has 6 heteroatoms. The normalized spacial score (nSPS) is 14.4. The number of nitrogens with one attached hydrogen (secondary N) is 2. The van der Waals surface area contributed by atoms with Crippen LogP contribution in [0.25, 0.3) is 11.1 Å². The van der Waals surface area contributed by atoms with E-state index in [0.717, 1.165) is 16.7 Å². The lowest BCUT2D eigenvalue weighted by molar-refractivity contribution is -0.118. The van der Waals surface area contributed by atoms with E-state index < -0.39 is 5.41 Å². The lowest BCUT2D eigenvalue weighted by Crippen LogP contribution is -2.40. The number of carbonyl (C=O) groups is 2. The molecule has 0 saturated heterocycles. The molecule has 1 saturated carbocycles. The zero-order chi connectivity index (χ0) is 24.7. The van der Waals surface area contributed by atoms with Gasteiger partial charge in [-0.3, -0.25) is 9.59 Å². The second kappa shape index (κ2) is 8.52. The summed E-state index contributed by atoms with van der Waals surface area (Å²) in [6.45, 7) is 7.83. The molecule has 0 aromatic heterocycles. The highest BCUT2D eigenvalue weighted by atomic mass is 16.3. The first-order chi connectivity index (χ1) is 16.0. The molecule has 0 radical (unpaired) electrons. The van der Waals surface area contributed by atoms with Crippen LogP contribution in [0.4, 0.5) is 5.69 Å². The molecule has 0 aliphatic heterocycles. The molecular weight excluding hydrogens is 428 g/mol. The smallest absolute Gasteiger partial charge is 0.251 e. The zero-order valence-electron chi connectivity index (χ0n) is 19.9. The molecule has 176 valence electrons. The molecule has 4 rings (SSSR count). The maximum Gasteiger partial charge on any atom is 0.251 e. The van der Waals surface area contributed by atoms with Gasteiger partial charge < -0.3 is 20.8 Å². The van der Waals surface area contributed by atoms with Crippen LogP contribution in [0.3, 0.4) is 0 Å². The average Bonchev–Trinajstić information content (AvgIpc) is 3.58. The summed E-state index contributed by atoms with van der Waals surface area (Å²) >= 11 is 0. The molecule has 0 unspecified atom stereocenters. The van der Waals surface area contributed by atoms with Gasteiger partial charge in [-0.15, -0.1) is 0 Å². The van der Waals surface area contributed by atoms with Gasteiger partial charge in [0, 0.05) is 16.8 Å². The van der Waals surface area contributed by atoms with Crippen LogP contribution in [0.5, 0.6) is 11.5 Å². The molecule has 1 aliphatic carbocycles. The van der Waals surface area contributed by atoms with Crippen molar-refractivity contribution >= 4 is 17.5 Å². The summed E-state index contributed by atoms with van der Waals surface area (Å²) in [6.07, 6.45) is 1.36. The van der Waals surface area contributed by atoms with Crippen molar-refractivity contribution in [1.82, 2.24) is 5.32 Å². The number of amides is 2. The molecular formula is C28H30N2O4. The number of rotatable bonds is 5. The molecule has 0 bridgehead atoms. The topological polar surface area (TPSA) is 98.7 Å². The molecule has 1 fully saturated rings. The first-order valence-electron chi connectivity index (χ1n) is 11.4. The van der Waals surface area contributed by atoms with E-state index in [2.05, 4.69) is 10.6 Å². The fourth-order valence-corrected chi connectivity index (χ4v) is 4.07. The number of phenolic OH excluding ortho intramolecular Hbond substituents is 2. The number of hydrogen-bond donors (Lipinski definition) is 4. The summed E-state index contributed by atoms with van der Waals surface area (Å²) in [5.41, 5.74) is 3.92. The summed E-state index contributed by atoms with van der Waals surface area (Å²) in [7, 11) is 0. The largest absolute Gasteiger partial charge is 0.504 e. The van der Waals surface area contributed by atoms with Crippen LogP contribution >= 0.6 is 0 Å². The quantitative estimate of drug-likeness (QED) is 0.391. The molecule has 3 aromatic carbocycles. The molecule has 0 heterocycles. The van der Waals surface area contributed by atoms with Crippen LogP contribution in [-0.4, -0.2) is 27.6 Å². The van der Waals surface area contributed by atoms with Crippen LogP contribution in [-0.2, 0) is 10.2 Å². The first kappa shape index (κ1) is 23.4. The molecule has 0 atom stereocenters. The number of aryl methyl sites for hydroxylation is 1. The second-order valence-electron chi connectivity index (χ2n) is 10.1. The van der Waals surface area contributed by atoms with Crippen molar-refractivity contribution in [2.45, 2.75) is 51.5 Å². The Morgan fingerprint density at radius 1 is 0.882 bits per heavy atom. The summed E-state index contributed by atoms with van der Waals surface area (Å²) in [5, 5.41) is 25.4. The maximum absolute atomic E-state index is 13.2. The Morgan fingerprint density at radius 3 is 2.15 bits per heavy atom. The first-order valence-corrected chi connectivity index (χ1v) is 11.4. The molecule has 0 spiro atoms. The van der Waals surface area contributed by atoms with E-state index >= 15 is 0 Å². The van der Waals surface area contributed by atoms with Gasteiger partial charge in [-0.2, -0.15) is 0 Å². The molecule has 4 N–H and O–H groups in total. The summed E-state index contributed by atoms with van der Waals surface area (Å²) in [6, 6.07) is 17.7. The average molecular weight is 459 g/mol. The van der Waals surface area contributed by atoms with Gasteiger partial charge in [0.2, 0.25) is 5.91 Å². The third-order valence-electron chi connectivity index (χ3n) is 6.15. The number of carbonyl (C=O) groups excluding carboxylic acids is 2. The fraction of sp³-hybridized carbons (Fsp3) is 0.286. The Labute approximate surface area is 199 Å². The molecule has 3 aromatic rings. The van der Waals surface area contributed by atoms with E-state index in [-0.39, 0.29) is 28.9 Å². The van der Waals surface area contributed by atoms with Crippen molar-refractivity contribution in [1.29, 1.82) is 0 Å². The highest BCUT2D eigenvalue weighted by Gasteiger charge is 2.51. The monoisotopic (exact) mass is 458 g/mol. The summed E-state index contributed by atoms with van der Waals surface area (Å²) in [5.74, 6) is -0.688. The lowest BCUT2D eigenvalue weighted by Gasteiger charge is -2.20. The van der Waals surface area contributed by atoms with Crippen LogP contribution < -0.4 is 10.6 Å². The Kier molecular flexibility index (Phi) is 5.86. The fourth-order valence-electron chi connectivity index (χ4n) is 4.07. The third kappa shape index (κ3) is 4.76. The van der Waals surface area contributed by atoms with Gasteiger partial charge in [0.15, 0.2) is 11.5 Å². The lowest BCUT2D eigenvalue weighted by atomic mass is 9.94. The van der Waals surface area contributed by atoms with Gasteiger partial charge in [0.1, 0.15) is 0 Å². The van der Waals surface area contributed by atoms with Crippen LogP contribution in [0.2, 0.25) is 0 Å². The van der Waals surface area contributed by atoms with Gasteiger partial charge >= 0.3 is 0 Å². The van der Waals surface area contributed by atoms with Crippen molar-refractivity contribution in [2.75, 3.05) is 5.32 Å². The zero-order valence-corrected chi connectivity index (χ0v) is 19.9. The number of benzene rings is 3.